The molecule has 0 spiro atoms. The van der Waals surface area contributed by atoms with Crippen LogP contribution < -0.4 is 15.4 Å². The molecule has 128 valence electrons. The Morgan fingerprint density at radius 3 is 2.88 bits per heavy atom. The Kier molecular flexibility index (Phi) is 4.39. The van der Waals surface area contributed by atoms with Gasteiger partial charge in [0.05, 0.1) is 4.90 Å². The van der Waals surface area contributed by atoms with Gasteiger partial charge in [0.15, 0.2) is 5.69 Å². The summed E-state index contributed by atoms with van der Waals surface area (Å²) in [4.78, 5) is 12.6. The van der Waals surface area contributed by atoms with Crippen molar-refractivity contribution in [2.24, 2.45) is 0 Å². The molecule has 1 aliphatic rings. The quantitative estimate of drug-likeness (QED) is 0.642. The highest BCUT2D eigenvalue weighted by atomic mass is 32.2. The van der Waals surface area contributed by atoms with Crippen molar-refractivity contribution >= 4 is 21.6 Å². The molecule has 9 heteroatoms. The molecule has 0 aliphatic carbocycles. The van der Waals surface area contributed by atoms with Gasteiger partial charge in [0.25, 0.3) is 5.91 Å². The molecule has 0 radical (unpaired) electrons. The average molecular weight is 349 g/mol. The largest absolute Gasteiger partial charge is 0.321 e. The minimum absolute atomic E-state index is 0.133. The molecule has 1 amide bonds. The zero-order chi connectivity index (χ0) is 17.3. The molecule has 3 rings (SSSR count). The molecule has 1 aromatic heterocycles. The third-order valence-electron chi connectivity index (χ3n) is 4.03. The number of fused-ring (bicyclic) bond motifs is 1. The lowest BCUT2D eigenvalue weighted by Gasteiger charge is -2.13. The summed E-state index contributed by atoms with van der Waals surface area (Å²) in [6.45, 7) is 3.13. The maximum Gasteiger partial charge on any atom is 0.276 e. The van der Waals surface area contributed by atoms with E-state index < -0.39 is 10.0 Å². The van der Waals surface area contributed by atoms with E-state index in [0.717, 1.165) is 24.2 Å². The first kappa shape index (κ1) is 16.6. The second-order valence-electron chi connectivity index (χ2n) is 5.60. The van der Waals surface area contributed by atoms with Crippen molar-refractivity contribution in [1.82, 2.24) is 20.2 Å². The summed E-state index contributed by atoms with van der Waals surface area (Å²) in [6.07, 6.45) is 0.796. The van der Waals surface area contributed by atoms with Crippen molar-refractivity contribution in [1.29, 1.82) is 0 Å². The van der Waals surface area contributed by atoms with Crippen LogP contribution in [0.3, 0.4) is 0 Å². The number of aromatic nitrogens is 2. The number of H-pyrrole nitrogens is 1. The number of hydrogen-bond donors (Lipinski definition) is 4. The molecule has 0 fully saturated rings. The molecule has 1 aliphatic heterocycles. The third-order valence-corrected chi connectivity index (χ3v) is 5.58. The second kappa shape index (κ2) is 6.34. The van der Waals surface area contributed by atoms with Crippen LogP contribution in [0, 0.1) is 6.92 Å². The average Bonchev–Trinajstić information content (AvgIpc) is 3.00. The van der Waals surface area contributed by atoms with E-state index in [0.29, 0.717) is 23.5 Å². The van der Waals surface area contributed by atoms with E-state index in [1.54, 1.807) is 19.1 Å². The third kappa shape index (κ3) is 3.05. The summed E-state index contributed by atoms with van der Waals surface area (Å²) in [5.74, 6) is -0.368. The highest BCUT2D eigenvalue weighted by Crippen LogP contribution is 2.21. The number of nitrogens with one attached hydrogen (secondary N) is 4. The normalized spacial score (nSPS) is 14.2. The minimum atomic E-state index is -3.59. The van der Waals surface area contributed by atoms with E-state index >= 15 is 0 Å². The van der Waals surface area contributed by atoms with E-state index in [9.17, 15) is 13.2 Å². The van der Waals surface area contributed by atoms with Crippen LogP contribution >= 0.6 is 0 Å². The first-order chi connectivity index (χ1) is 11.4. The van der Waals surface area contributed by atoms with Gasteiger partial charge in [-0.25, -0.2) is 13.1 Å². The lowest BCUT2D eigenvalue weighted by Crippen LogP contribution is -2.25. The molecular weight excluding hydrogens is 330 g/mol. The topological polar surface area (TPSA) is 116 Å². The van der Waals surface area contributed by atoms with E-state index in [4.69, 9.17) is 0 Å². The summed E-state index contributed by atoms with van der Waals surface area (Å²) < 4.78 is 26.3. The summed E-state index contributed by atoms with van der Waals surface area (Å²) in [7, 11) is -2.24. The summed E-state index contributed by atoms with van der Waals surface area (Å²) in [5, 5.41) is 12.9. The van der Waals surface area contributed by atoms with Crippen molar-refractivity contribution in [3.63, 3.8) is 0 Å². The van der Waals surface area contributed by atoms with Gasteiger partial charge in [0.1, 0.15) is 0 Å². The van der Waals surface area contributed by atoms with Gasteiger partial charge in [-0.3, -0.25) is 9.89 Å². The number of aryl methyl sites for hydroxylation is 1. The maximum absolute atomic E-state index is 12.5. The minimum Gasteiger partial charge on any atom is -0.321 e. The molecular formula is C15H19N5O3S. The van der Waals surface area contributed by atoms with Crippen molar-refractivity contribution in [3.05, 3.63) is 40.7 Å². The SMILES string of the molecule is CNS(=O)(=O)c1cc(NC(=O)c2n[nH]c3c2CNCC3)ccc1C. The van der Waals surface area contributed by atoms with Gasteiger partial charge in [0.2, 0.25) is 10.0 Å². The van der Waals surface area contributed by atoms with Crippen LogP contribution in [0.2, 0.25) is 0 Å². The molecule has 0 saturated carbocycles. The predicted octanol–water partition coefficient (Wildman–Crippen LogP) is 0.524. The highest BCUT2D eigenvalue weighted by molar-refractivity contribution is 7.89. The van der Waals surface area contributed by atoms with E-state index in [-0.39, 0.29) is 10.8 Å². The molecule has 2 aromatic rings. The lowest BCUT2D eigenvalue weighted by atomic mass is 10.1. The van der Waals surface area contributed by atoms with Crippen LogP contribution in [0.4, 0.5) is 5.69 Å². The molecule has 4 N–H and O–H groups in total. The van der Waals surface area contributed by atoms with Crippen LogP contribution in [-0.4, -0.2) is 38.1 Å². The predicted molar refractivity (Wildman–Crippen MR) is 89.4 cm³/mol. The van der Waals surface area contributed by atoms with Gasteiger partial charge in [-0.05, 0) is 31.7 Å². The van der Waals surface area contributed by atoms with Gasteiger partial charge < -0.3 is 10.6 Å². The number of amides is 1. The summed E-state index contributed by atoms with van der Waals surface area (Å²) in [6, 6.07) is 4.76. The van der Waals surface area contributed by atoms with E-state index in [1.165, 1.54) is 13.1 Å². The number of benzene rings is 1. The van der Waals surface area contributed by atoms with Crippen LogP contribution in [0.25, 0.3) is 0 Å². The fraction of sp³-hybridized carbons (Fsp3) is 0.333. The van der Waals surface area contributed by atoms with Gasteiger partial charge in [-0.2, -0.15) is 5.10 Å². The molecule has 0 saturated heterocycles. The van der Waals surface area contributed by atoms with Crippen LogP contribution in [0.15, 0.2) is 23.1 Å². The van der Waals surface area contributed by atoms with E-state index in [2.05, 4.69) is 25.6 Å². The number of nitrogens with zero attached hydrogens (tertiary/aromatic N) is 1. The molecule has 0 unspecified atom stereocenters. The molecule has 0 bridgehead atoms. The monoisotopic (exact) mass is 349 g/mol. The highest BCUT2D eigenvalue weighted by Gasteiger charge is 2.22. The van der Waals surface area contributed by atoms with Crippen molar-refractivity contribution in [2.75, 3.05) is 18.9 Å². The first-order valence-electron chi connectivity index (χ1n) is 7.55. The molecule has 1 aromatic carbocycles. The Labute approximate surface area is 140 Å². The number of aromatic amines is 1. The van der Waals surface area contributed by atoms with Crippen molar-refractivity contribution in [3.8, 4) is 0 Å². The number of carbonyl (C=O) groups is 1. The van der Waals surface area contributed by atoms with Gasteiger partial charge in [-0.1, -0.05) is 6.07 Å². The second-order valence-corrected chi connectivity index (χ2v) is 7.45. The number of rotatable bonds is 4. The van der Waals surface area contributed by atoms with E-state index in [1.807, 2.05) is 0 Å². The Morgan fingerprint density at radius 1 is 1.33 bits per heavy atom. The Bertz CT molecular complexity index is 889. The van der Waals surface area contributed by atoms with Crippen molar-refractivity contribution < 1.29 is 13.2 Å². The smallest absolute Gasteiger partial charge is 0.276 e. The maximum atomic E-state index is 12.5. The number of sulfonamides is 1. The van der Waals surface area contributed by atoms with Gasteiger partial charge in [0, 0.05) is 36.5 Å². The van der Waals surface area contributed by atoms with Crippen molar-refractivity contribution in [2.45, 2.75) is 24.8 Å². The standard InChI is InChI=1S/C15H19N5O3S/c1-9-3-4-10(7-13(9)24(22,23)16-2)18-15(21)14-11-8-17-6-5-12(11)19-20-14/h3-4,7,16-17H,5-6,8H2,1-2H3,(H,18,21)(H,19,20). The summed E-state index contributed by atoms with van der Waals surface area (Å²) in [5.41, 5.74) is 3.15. The number of carbonyl (C=O) groups excluding carboxylic acids is 1. The van der Waals surface area contributed by atoms with Gasteiger partial charge in [-0.15, -0.1) is 0 Å². The molecule has 24 heavy (non-hydrogen) atoms. The molecule has 2 heterocycles. The van der Waals surface area contributed by atoms with Crippen LogP contribution in [-0.2, 0) is 23.0 Å². The lowest BCUT2D eigenvalue weighted by molar-refractivity contribution is 0.102. The Balaban J connectivity index is 1.88. The Morgan fingerprint density at radius 2 is 2.12 bits per heavy atom. The van der Waals surface area contributed by atoms with Crippen LogP contribution in [0.1, 0.15) is 27.3 Å². The first-order valence-corrected chi connectivity index (χ1v) is 9.03. The summed E-state index contributed by atoms with van der Waals surface area (Å²) >= 11 is 0. The van der Waals surface area contributed by atoms with Crippen LogP contribution in [0.5, 0.6) is 0 Å². The fourth-order valence-electron chi connectivity index (χ4n) is 2.68. The Hall–Kier alpha value is -2.23. The zero-order valence-electron chi connectivity index (χ0n) is 13.4. The zero-order valence-corrected chi connectivity index (χ0v) is 14.3. The molecule has 8 nitrogen and oxygen atoms in total. The number of hydrogen-bond acceptors (Lipinski definition) is 5. The molecule has 0 atom stereocenters. The fourth-order valence-corrected chi connectivity index (χ4v) is 3.67. The number of anilines is 1. The van der Waals surface area contributed by atoms with Gasteiger partial charge >= 0.3 is 0 Å².